The molecule has 4 rings (SSSR count). The van der Waals surface area contributed by atoms with Crippen LogP contribution in [0.1, 0.15) is 31.2 Å². The summed E-state index contributed by atoms with van der Waals surface area (Å²) in [6.45, 7) is 3.84. The Kier molecular flexibility index (Phi) is 6.31. The molecule has 0 saturated carbocycles. The molecule has 0 spiro atoms. The molecular formula is C24H26N4O3. The number of aromatic nitrogens is 3. The maximum Gasteiger partial charge on any atom is 0.404 e. The molecule has 7 nitrogen and oxygen atoms in total. The molecule has 0 fully saturated rings. The van der Waals surface area contributed by atoms with Crippen LogP contribution in [-0.2, 0) is 19.6 Å². The third-order valence-corrected chi connectivity index (χ3v) is 5.27. The minimum Gasteiger partial charge on any atom is -0.489 e. The number of nitrogens with one attached hydrogen (secondary N) is 1. The molecular weight excluding hydrogens is 392 g/mol. The third-order valence-electron chi connectivity index (χ3n) is 5.27. The largest absolute Gasteiger partial charge is 0.489 e. The van der Waals surface area contributed by atoms with Crippen molar-refractivity contribution < 1.29 is 14.6 Å². The molecule has 2 aromatic heterocycles. The number of carbonyl (C=O) groups is 1. The van der Waals surface area contributed by atoms with Crippen molar-refractivity contribution in [3.8, 4) is 5.75 Å². The van der Waals surface area contributed by atoms with Gasteiger partial charge in [0.05, 0.1) is 17.2 Å². The van der Waals surface area contributed by atoms with E-state index in [2.05, 4.69) is 27.9 Å². The summed E-state index contributed by atoms with van der Waals surface area (Å²) >= 11 is 0. The van der Waals surface area contributed by atoms with E-state index in [1.54, 1.807) is 0 Å². The molecule has 7 heteroatoms. The highest BCUT2D eigenvalue weighted by Gasteiger charge is 2.14. The maximum absolute atomic E-state index is 10.6. The summed E-state index contributed by atoms with van der Waals surface area (Å²) in [6, 6.07) is 16.1. The average molecular weight is 418 g/mol. The van der Waals surface area contributed by atoms with Gasteiger partial charge in [0, 0.05) is 31.0 Å². The Bertz CT molecular complexity index is 1190. The first-order valence-electron chi connectivity index (χ1n) is 10.6. The number of aryl methyl sites for hydroxylation is 2. The molecule has 0 aliphatic carbocycles. The fourth-order valence-electron chi connectivity index (χ4n) is 3.77. The Labute approximate surface area is 180 Å². The van der Waals surface area contributed by atoms with Crippen molar-refractivity contribution >= 4 is 28.0 Å². The number of hydrogen-bond donors (Lipinski definition) is 2. The Hall–Kier alpha value is -3.61. The summed E-state index contributed by atoms with van der Waals surface area (Å²) in [4.78, 5) is 20.0. The highest BCUT2D eigenvalue weighted by Crippen LogP contribution is 2.28. The Balaban J connectivity index is 1.58. The number of unbranched alkanes of at least 4 members (excludes halogenated alkanes) is 1. The van der Waals surface area contributed by atoms with Gasteiger partial charge in [-0.3, -0.25) is 4.98 Å². The molecule has 0 radical (unpaired) electrons. The van der Waals surface area contributed by atoms with Gasteiger partial charge in [0.2, 0.25) is 0 Å². The zero-order chi connectivity index (χ0) is 21.6. The van der Waals surface area contributed by atoms with Gasteiger partial charge >= 0.3 is 6.09 Å². The van der Waals surface area contributed by atoms with Gasteiger partial charge in [0.25, 0.3) is 0 Å². The van der Waals surface area contributed by atoms with Gasteiger partial charge in [-0.1, -0.05) is 37.3 Å². The molecule has 0 aliphatic heterocycles. The standard InChI is InChI=1S/C24H26N4O3/c1-2-22-27-21-15-26-20-14-18(31-16-17-8-4-3-5-9-17)10-11-19(20)23(21)28(22)13-7-6-12-25-24(29)30/h3-5,8-11,14-15,25H,2,6-7,12-13,16H2,1H3,(H,29,30). The van der Waals surface area contributed by atoms with Crippen LogP contribution in [0.2, 0.25) is 0 Å². The highest BCUT2D eigenvalue weighted by atomic mass is 16.5. The van der Waals surface area contributed by atoms with Crippen LogP contribution in [0.15, 0.2) is 54.7 Å². The zero-order valence-corrected chi connectivity index (χ0v) is 17.5. The number of pyridine rings is 1. The zero-order valence-electron chi connectivity index (χ0n) is 17.5. The first-order chi connectivity index (χ1) is 15.2. The van der Waals surface area contributed by atoms with Crippen molar-refractivity contribution in [3.05, 3.63) is 66.1 Å². The monoisotopic (exact) mass is 418 g/mol. The minimum absolute atomic E-state index is 0.452. The number of fused-ring (bicyclic) bond motifs is 3. The minimum atomic E-state index is -0.982. The van der Waals surface area contributed by atoms with Crippen molar-refractivity contribution in [2.75, 3.05) is 6.54 Å². The lowest BCUT2D eigenvalue weighted by Gasteiger charge is -2.11. The molecule has 31 heavy (non-hydrogen) atoms. The van der Waals surface area contributed by atoms with Gasteiger partial charge in [-0.15, -0.1) is 0 Å². The van der Waals surface area contributed by atoms with Crippen LogP contribution in [-0.4, -0.2) is 32.3 Å². The van der Waals surface area contributed by atoms with E-state index in [1.807, 2.05) is 48.7 Å². The van der Waals surface area contributed by atoms with Gasteiger partial charge < -0.3 is 19.7 Å². The van der Waals surface area contributed by atoms with Gasteiger partial charge in [-0.2, -0.15) is 0 Å². The number of benzene rings is 2. The fourth-order valence-corrected chi connectivity index (χ4v) is 3.77. The third kappa shape index (κ3) is 4.77. The summed E-state index contributed by atoms with van der Waals surface area (Å²) in [7, 11) is 0. The van der Waals surface area contributed by atoms with Crippen LogP contribution in [0.5, 0.6) is 5.75 Å². The quantitative estimate of drug-likeness (QED) is 0.382. The van der Waals surface area contributed by atoms with Crippen LogP contribution in [0, 0.1) is 0 Å². The van der Waals surface area contributed by atoms with E-state index in [1.165, 1.54) is 0 Å². The molecule has 0 atom stereocenters. The molecule has 1 amide bonds. The smallest absolute Gasteiger partial charge is 0.404 e. The molecule has 0 saturated heterocycles. The van der Waals surface area contributed by atoms with Crippen molar-refractivity contribution in [1.82, 2.24) is 19.9 Å². The Morgan fingerprint density at radius 1 is 1.13 bits per heavy atom. The first kappa shape index (κ1) is 20.7. The summed E-state index contributed by atoms with van der Waals surface area (Å²) in [6.07, 6.45) is 3.29. The number of rotatable bonds is 9. The van der Waals surface area contributed by atoms with Gasteiger partial charge in [-0.25, -0.2) is 9.78 Å². The average Bonchev–Trinajstić information content (AvgIpc) is 3.16. The molecule has 2 heterocycles. The molecule has 160 valence electrons. The lowest BCUT2D eigenvalue weighted by Crippen LogP contribution is -2.22. The van der Waals surface area contributed by atoms with Crippen LogP contribution in [0.4, 0.5) is 4.79 Å². The van der Waals surface area contributed by atoms with E-state index in [9.17, 15) is 4.79 Å². The molecule has 0 unspecified atom stereocenters. The van der Waals surface area contributed by atoms with E-state index in [-0.39, 0.29) is 0 Å². The normalized spacial score (nSPS) is 11.1. The van der Waals surface area contributed by atoms with E-state index < -0.39 is 6.09 Å². The number of hydrogen-bond acceptors (Lipinski definition) is 4. The lowest BCUT2D eigenvalue weighted by molar-refractivity contribution is 0.194. The van der Waals surface area contributed by atoms with Crippen molar-refractivity contribution in [2.24, 2.45) is 0 Å². The predicted octanol–water partition coefficient (Wildman–Crippen LogP) is 4.77. The van der Waals surface area contributed by atoms with Gasteiger partial charge in [0.15, 0.2) is 0 Å². The second-order valence-corrected chi connectivity index (χ2v) is 7.42. The number of amides is 1. The second-order valence-electron chi connectivity index (χ2n) is 7.42. The van der Waals surface area contributed by atoms with Crippen LogP contribution >= 0.6 is 0 Å². The van der Waals surface area contributed by atoms with Crippen LogP contribution in [0.25, 0.3) is 21.9 Å². The van der Waals surface area contributed by atoms with E-state index >= 15 is 0 Å². The molecule has 2 aromatic carbocycles. The number of imidazole rings is 1. The van der Waals surface area contributed by atoms with Gasteiger partial charge in [-0.05, 0) is 30.5 Å². The Morgan fingerprint density at radius 3 is 2.74 bits per heavy atom. The molecule has 0 bridgehead atoms. The number of ether oxygens (including phenoxy) is 1. The lowest BCUT2D eigenvalue weighted by atomic mass is 10.1. The van der Waals surface area contributed by atoms with Crippen molar-refractivity contribution in [1.29, 1.82) is 0 Å². The predicted molar refractivity (Wildman–Crippen MR) is 120 cm³/mol. The Morgan fingerprint density at radius 2 is 1.97 bits per heavy atom. The summed E-state index contributed by atoms with van der Waals surface area (Å²) < 4.78 is 8.20. The van der Waals surface area contributed by atoms with Crippen LogP contribution in [0.3, 0.4) is 0 Å². The maximum atomic E-state index is 10.6. The SMILES string of the molecule is CCc1nc2cnc3cc(OCc4ccccc4)ccc3c2n1CCCCNC(=O)O. The summed E-state index contributed by atoms with van der Waals surface area (Å²) in [5.41, 5.74) is 3.94. The topological polar surface area (TPSA) is 89.3 Å². The highest BCUT2D eigenvalue weighted by molar-refractivity contribution is 6.02. The second kappa shape index (κ2) is 9.47. The van der Waals surface area contributed by atoms with Gasteiger partial charge in [0.1, 0.15) is 23.7 Å². The fraction of sp³-hybridized carbons (Fsp3) is 0.292. The molecule has 0 aliphatic rings. The molecule has 2 N–H and O–H groups in total. The summed E-state index contributed by atoms with van der Waals surface area (Å²) in [5, 5.41) is 12.2. The number of carboxylic acid groups (broad SMARTS) is 1. The van der Waals surface area contributed by atoms with Crippen molar-refractivity contribution in [3.63, 3.8) is 0 Å². The van der Waals surface area contributed by atoms with E-state index in [0.29, 0.717) is 13.2 Å². The van der Waals surface area contributed by atoms with Crippen LogP contribution < -0.4 is 10.1 Å². The van der Waals surface area contributed by atoms with E-state index in [4.69, 9.17) is 14.8 Å². The number of nitrogens with zero attached hydrogens (tertiary/aromatic N) is 3. The summed E-state index contributed by atoms with van der Waals surface area (Å²) in [5.74, 6) is 1.80. The first-order valence-corrected chi connectivity index (χ1v) is 10.6. The van der Waals surface area contributed by atoms with Crippen molar-refractivity contribution in [2.45, 2.75) is 39.3 Å². The molecule has 4 aromatic rings. The van der Waals surface area contributed by atoms with E-state index in [0.717, 1.165) is 64.9 Å².